The van der Waals surface area contributed by atoms with E-state index in [1.54, 1.807) is 52.0 Å². The van der Waals surface area contributed by atoms with Crippen LogP contribution in [0.2, 0.25) is 5.02 Å². The van der Waals surface area contributed by atoms with Gasteiger partial charge in [0.05, 0.1) is 0 Å². The van der Waals surface area contributed by atoms with Gasteiger partial charge in [-0.15, -0.1) is 0 Å². The second-order valence-corrected chi connectivity index (χ2v) is 5.96. The molecule has 3 nitrogen and oxygen atoms in total. The van der Waals surface area contributed by atoms with Crippen molar-refractivity contribution in [1.82, 2.24) is 0 Å². The number of ketones is 1. The predicted octanol–water partition coefficient (Wildman–Crippen LogP) is 3.43. The molecule has 0 saturated heterocycles. The first-order chi connectivity index (χ1) is 8.69. The van der Waals surface area contributed by atoms with Crippen molar-refractivity contribution in [2.75, 3.05) is 0 Å². The predicted molar refractivity (Wildman–Crippen MR) is 75.2 cm³/mol. The Bertz CT molecular complexity index is 457. The van der Waals surface area contributed by atoms with Gasteiger partial charge < -0.3 is 4.74 Å². The summed E-state index contributed by atoms with van der Waals surface area (Å²) in [4.78, 5) is 23.8. The zero-order valence-electron chi connectivity index (χ0n) is 11.7. The van der Waals surface area contributed by atoms with Crippen LogP contribution in [0.4, 0.5) is 0 Å². The van der Waals surface area contributed by atoms with Crippen LogP contribution in [0.25, 0.3) is 0 Å². The molecule has 0 N–H and O–H groups in total. The van der Waals surface area contributed by atoms with E-state index in [1.165, 1.54) is 0 Å². The first kappa shape index (κ1) is 15.7. The molecule has 1 aromatic carbocycles. The largest absolute Gasteiger partial charge is 0.459 e. The number of halogens is 1. The van der Waals surface area contributed by atoms with Crippen LogP contribution in [0.1, 0.15) is 33.3 Å². The first-order valence-electron chi connectivity index (χ1n) is 6.19. The highest BCUT2D eigenvalue weighted by Gasteiger charge is 2.26. The lowest BCUT2D eigenvalue weighted by atomic mass is 9.99. The minimum atomic E-state index is -0.755. The van der Waals surface area contributed by atoms with Gasteiger partial charge in [-0.1, -0.05) is 23.7 Å². The number of carbonyl (C=O) groups is 2. The second-order valence-electron chi connectivity index (χ2n) is 5.52. The van der Waals surface area contributed by atoms with Gasteiger partial charge in [0.1, 0.15) is 11.5 Å². The second kappa shape index (κ2) is 6.20. The monoisotopic (exact) mass is 282 g/mol. The number of hydrogen-bond acceptors (Lipinski definition) is 3. The van der Waals surface area contributed by atoms with E-state index in [0.717, 1.165) is 5.56 Å². The van der Waals surface area contributed by atoms with Crippen molar-refractivity contribution in [3.8, 4) is 0 Å². The number of benzene rings is 1. The Morgan fingerprint density at radius 1 is 1.21 bits per heavy atom. The lowest BCUT2D eigenvalue weighted by Gasteiger charge is -2.21. The first-order valence-corrected chi connectivity index (χ1v) is 6.57. The Balaban J connectivity index is 2.62. The summed E-state index contributed by atoms with van der Waals surface area (Å²) in [5.74, 6) is -1.39. The number of Topliss-reactive ketones (excluding diaryl/α,β-unsaturated/α-hetero) is 1. The van der Waals surface area contributed by atoms with Crippen molar-refractivity contribution in [2.45, 2.75) is 39.7 Å². The van der Waals surface area contributed by atoms with Crippen molar-refractivity contribution in [2.24, 2.45) is 5.92 Å². The summed E-state index contributed by atoms with van der Waals surface area (Å²) in [5, 5.41) is 0.622. The van der Waals surface area contributed by atoms with E-state index in [-0.39, 0.29) is 12.2 Å². The molecule has 1 unspecified atom stereocenters. The van der Waals surface area contributed by atoms with Crippen molar-refractivity contribution in [3.63, 3.8) is 0 Å². The fourth-order valence-corrected chi connectivity index (χ4v) is 1.60. The summed E-state index contributed by atoms with van der Waals surface area (Å²) in [5.41, 5.74) is 0.260. The number of hydrogen-bond donors (Lipinski definition) is 0. The van der Waals surface area contributed by atoms with Crippen LogP contribution in [-0.4, -0.2) is 17.4 Å². The molecule has 19 heavy (non-hydrogen) atoms. The average molecular weight is 283 g/mol. The topological polar surface area (TPSA) is 43.4 Å². The molecule has 0 bridgehead atoms. The van der Waals surface area contributed by atoms with Crippen LogP contribution in [0.3, 0.4) is 0 Å². The van der Waals surface area contributed by atoms with Gasteiger partial charge in [0.15, 0.2) is 5.78 Å². The molecule has 0 amide bonds. The van der Waals surface area contributed by atoms with Gasteiger partial charge in [-0.2, -0.15) is 0 Å². The lowest BCUT2D eigenvalue weighted by molar-refractivity contribution is -0.161. The summed E-state index contributed by atoms with van der Waals surface area (Å²) in [6, 6.07) is 7.01. The lowest BCUT2D eigenvalue weighted by Crippen LogP contribution is -2.31. The van der Waals surface area contributed by atoms with Crippen LogP contribution >= 0.6 is 11.6 Å². The molecule has 4 heteroatoms. The zero-order valence-corrected chi connectivity index (χ0v) is 12.5. The molecule has 0 fully saturated rings. The molecule has 0 aliphatic carbocycles. The minimum Gasteiger partial charge on any atom is -0.459 e. The SMILES string of the molecule is CC(C(=O)Cc1ccc(Cl)cc1)C(=O)OC(C)(C)C. The Labute approximate surface area is 118 Å². The van der Waals surface area contributed by atoms with Gasteiger partial charge in [0.25, 0.3) is 0 Å². The van der Waals surface area contributed by atoms with Crippen molar-refractivity contribution >= 4 is 23.4 Å². The van der Waals surface area contributed by atoms with E-state index in [4.69, 9.17) is 16.3 Å². The quantitative estimate of drug-likeness (QED) is 0.628. The maximum atomic E-state index is 12.0. The van der Waals surface area contributed by atoms with Crippen molar-refractivity contribution in [3.05, 3.63) is 34.9 Å². The maximum Gasteiger partial charge on any atom is 0.316 e. The summed E-state index contributed by atoms with van der Waals surface area (Å²) in [6.07, 6.45) is 0.206. The summed E-state index contributed by atoms with van der Waals surface area (Å²) < 4.78 is 5.20. The molecule has 0 aromatic heterocycles. The van der Waals surface area contributed by atoms with E-state index in [9.17, 15) is 9.59 Å². The third-order valence-corrected chi connectivity index (χ3v) is 2.79. The molecular formula is C15H19ClO3. The number of rotatable bonds is 4. The normalized spacial score (nSPS) is 12.9. The van der Waals surface area contributed by atoms with Crippen molar-refractivity contribution in [1.29, 1.82) is 0 Å². The molecule has 1 rings (SSSR count). The smallest absolute Gasteiger partial charge is 0.316 e. The highest BCUT2D eigenvalue weighted by molar-refractivity contribution is 6.30. The Kier molecular flexibility index (Phi) is 5.12. The van der Waals surface area contributed by atoms with Gasteiger partial charge in [0.2, 0.25) is 0 Å². The van der Waals surface area contributed by atoms with Gasteiger partial charge in [-0.25, -0.2) is 0 Å². The fraction of sp³-hybridized carbons (Fsp3) is 0.467. The minimum absolute atomic E-state index is 0.156. The molecule has 0 aliphatic heterocycles. The van der Waals surface area contributed by atoms with Gasteiger partial charge in [0, 0.05) is 11.4 Å². The molecule has 0 aliphatic rings. The molecule has 104 valence electrons. The van der Waals surface area contributed by atoms with Crippen LogP contribution in [0.5, 0.6) is 0 Å². The number of carbonyl (C=O) groups excluding carboxylic acids is 2. The summed E-state index contributed by atoms with van der Waals surface area (Å²) in [7, 11) is 0. The van der Waals surface area contributed by atoms with E-state index in [2.05, 4.69) is 0 Å². The van der Waals surface area contributed by atoms with E-state index in [1.807, 2.05) is 0 Å². The highest BCUT2D eigenvalue weighted by Crippen LogP contribution is 2.15. The molecule has 1 aromatic rings. The number of ether oxygens (including phenoxy) is 1. The molecule has 1 atom stereocenters. The van der Waals surface area contributed by atoms with Crippen LogP contribution < -0.4 is 0 Å². The van der Waals surface area contributed by atoms with Gasteiger partial charge >= 0.3 is 5.97 Å². The maximum absolute atomic E-state index is 12.0. The Hall–Kier alpha value is -1.35. The van der Waals surface area contributed by atoms with E-state index >= 15 is 0 Å². The van der Waals surface area contributed by atoms with Crippen LogP contribution in [0.15, 0.2) is 24.3 Å². The standard InChI is InChI=1S/C15H19ClO3/c1-10(14(18)19-15(2,3)4)13(17)9-11-5-7-12(16)8-6-11/h5-8,10H,9H2,1-4H3. The Morgan fingerprint density at radius 3 is 2.21 bits per heavy atom. The molecular weight excluding hydrogens is 264 g/mol. The third kappa shape index (κ3) is 5.43. The molecule has 0 spiro atoms. The summed E-state index contributed by atoms with van der Waals surface area (Å²) in [6.45, 7) is 6.91. The van der Waals surface area contributed by atoms with Crippen LogP contribution in [-0.2, 0) is 20.7 Å². The summed E-state index contributed by atoms with van der Waals surface area (Å²) >= 11 is 5.77. The zero-order chi connectivity index (χ0) is 14.6. The van der Waals surface area contributed by atoms with E-state index in [0.29, 0.717) is 5.02 Å². The third-order valence-electron chi connectivity index (χ3n) is 2.53. The molecule has 0 saturated carbocycles. The fourth-order valence-electron chi connectivity index (χ4n) is 1.48. The number of esters is 1. The molecule has 0 heterocycles. The van der Waals surface area contributed by atoms with E-state index < -0.39 is 17.5 Å². The Morgan fingerprint density at radius 2 is 1.74 bits per heavy atom. The highest BCUT2D eigenvalue weighted by atomic mass is 35.5. The molecule has 0 radical (unpaired) electrons. The van der Waals surface area contributed by atoms with Crippen LogP contribution in [0, 0.1) is 5.92 Å². The van der Waals surface area contributed by atoms with Crippen molar-refractivity contribution < 1.29 is 14.3 Å². The van der Waals surface area contributed by atoms with Gasteiger partial charge in [-0.3, -0.25) is 9.59 Å². The van der Waals surface area contributed by atoms with Gasteiger partial charge in [-0.05, 0) is 45.4 Å². The average Bonchev–Trinajstić information content (AvgIpc) is 2.28.